The summed E-state index contributed by atoms with van der Waals surface area (Å²) in [6.07, 6.45) is 0.365. The molecule has 1 fully saturated rings. The number of aliphatic hydroxyl groups is 1. The maximum absolute atomic E-state index is 12.8. The highest BCUT2D eigenvalue weighted by Crippen LogP contribution is 2.32. The number of anilines is 1. The highest BCUT2D eigenvalue weighted by atomic mass is 19.4. The molecule has 2 aliphatic rings. The minimum Gasteiger partial charge on any atom is -0.391 e. The number of hydrogen-bond acceptors (Lipinski definition) is 3. The Hall–Kier alpha value is -2.22. The summed E-state index contributed by atoms with van der Waals surface area (Å²) in [6, 6.07) is 4.31. The maximum Gasteiger partial charge on any atom is 0.416 e. The van der Waals surface area contributed by atoms with Gasteiger partial charge in [0.2, 0.25) is 0 Å². The van der Waals surface area contributed by atoms with E-state index in [1.807, 2.05) is 0 Å². The molecule has 2 atom stereocenters. The molecule has 0 aromatic heterocycles. The Morgan fingerprint density at radius 3 is 2.71 bits per heavy atom. The van der Waals surface area contributed by atoms with Crippen LogP contribution >= 0.6 is 0 Å². The molecule has 1 aromatic carbocycles. The van der Waals surface area contributed by atoms with Crippen LogP contribution in [0.1, 0.15) is 24.8 Å². The smallest absolute Gasteiger partial charge is 0.391 e. The quantitative estimate of drug-likeness (QED) is 0.870. The van der Waals surface area contributed by atoms with Crippen molar-refractivity contribution in [3.63, 3.8) is 0 Å². The highest BCUT2D eigenvalue weighted by molar-refractivity contribution is 5.77. The Morgan fingerprint density at radius 1 is 1.25 bits per heavy atom. The summed E-state index contributed by atoms with van der Waals surface area (Å²) < 4.78 is 38.4. The third-order valence-corrected chi connectivity index (χ3v) is 4.29. The molecule has 8 heteroatoms. The van der Waals surface area contributed by atoms with Gasteiger partial charge in [-0.05, 0) is 37.5 Å². The van der Waals surface area contributed by atoms with Crippen LogP contribution in [0.5, 0.6) is 0 Å². The zero-order valence-electron chi connectivity index (χ0n) is 12.8. The van der Waals surface area contributed by atoms with E-state index in [-0.39, 0.29) is 18.7 Å². The van der Waals surface area contributed by atoms with E-state index in [9.17, 15) is 23.1 Å². The molecule has 24 heavy (non-hydrogen) atoms. The standard InChI is InChI=1S/C16H18F3N3O2/c17-16(18,19)11-3-1-4-12(9-11)21-7-8-22(10-21)15(24)20-13-5-2-6-14(13)23/h1,3-4,7-9,13-14,23H,2,5-6,10H2,(H,20,24)/t13-,14-/m1/s1. The minimum absolute atomic E-state index is 0.121. The Bertz CT molecular complexity index is 648. The molecule has 0 spiro atoms. The number of amides is 2. The molecule has 1 aliphatic carbocycles. The second-order valence-electron chi connectivity index (χ2n) is 5.98. The Kier molecular flexibility index (Phi) is 4.40. The van der Waals surface area contributed by atoms with E-state index in [2.05, 4.69) is 5.32 Å². The molecular formula is C16H18F3N3O2. The summed E-state index contributed by atoms with van der Waals surface area (Å²) in [6.45, 7) is 0.121. The molecular weight excluding hydrogens is 323 g/mol. The Morgan fingerprint density at radius 2 is 2.04 bits per heavy atom. The number of benzene rings is 1. The van der Waals surface area contributed by atoms with Gasteiger partial charge in [0.1, 0.15) is 6.67 Å². The molecule has 130 valence electrons. The fourth-order valence-electron chi connectivity index (χ4n) is 2.93. The van der Waals surface area contributed by atoms with Crippen molar-refractivity contribution >= 4 is 11.7 Å². The van der Waals surface area contributed by atoms with Crippen molar-refractivity contribution < 1.29 is 23.1 Å². The number of nitrogens with one attached hydrogen (secondary N) is 1. The van der Waals surface area contributed by atoms with E-state index in [1.165, 1.54) is 17.2 Å². The van der Waals surface area contributed by atoms with Gasteiger partial charge in [0.15, 0.2) is 0 Å². The second kappa shape index (κ2) is 6.35. The largest absolute Gasteiger partial charge is 0.416 e. The van der Waals surface area contributed by atoms with Crippen molar-refractivity contribution in [3.8, 4) is 0 Å². The summed E-state index contributed by atoms with van der Waals surface area (Å²) in [5, 5.41) is 12.5. The van der Waals surface area contributed by atoms with E-state index >= 15 is 0 Å². The van der Waals surface area contributed by atoms with Crippen molar-refractivity contribution in [3.05, 3.63) is 42.2 Å². The first-order valence-electron chi connectivity index (χ1n) is 7.72. The van der Waals surface area contributed by atoms with Crippen LogP contribution in [0.15, 0.2) is 36.7 Å². The SMILES string of the molecule is O=C(N[C@@H]1CCC[C@H]1O)N1C=CN(c2cccc(C(F)(F)F)c2)C1. The summed E-state index contributed by atoms with van der Waals surface area (Å²) in [7, 11) is 0. The number of rotatable bonds is 2. The van der Waals surface area contributed by atoms with Gasteiger partial charge in [-0.15, -0.1) is 0 Å². The van der Waals surface area contributed by atoms with Gasteiger partial charge in [0, 0.05) is 18.1 Å². The van der Waals surface area contributed by atoms with Crippen LogP contribution in [0.4, 0.5) is 23.7 Å². The predicted molar refractivity (Wildman–Crippen MR) is 81.9 cm³/mol. The third kappa shape index (κ3) is 3.48. The number of urea groups is 1. The van der Waals surface area contributed by atoms with Gasteiger partial charge < -0.3 is 15.3 Å². The lowest BCUT2D eigenvalue weighted by Gasteiger charge is -2.23. The first-order valence-corrected chi connectivity index (χ1v) is 7.72. The number of alkyl halides is 3. The summed E-state index contributed by atoms with van der Waals surface area (Å²) in [5.41, 5.74) is -0.373. The molecule has 1 aromatic rings. The van der Waals surface area contributed by atoms with Gasteiger partial charge in [0.05, 0.1) is 17.7 Å². The third-order valence-electron chi connectivity index (χ3n) is 4.29. The zero-order valence-corrected chi connectivity index (χ0v) is 12.8. The van der Waals surface area contributed by atoms with Gasteiger partial charge in [-0.25, -0.2) is 4.79 Å². The molecule has 2 amide bonds. The fraction of sp³-hybridized carbons (Fsp3) is 0.438. The summed E-state index contributed by atoms with van der Waals surface area (Å²) in [4.78, 5) is 15.1. The number of nitrogens with zero attached hydrogens (tertiary/aromatic N) is 2. The first kappa shape index (κ1) is 16.6. The van der Waals surface area contributed by atoms with Gasteiger partial charge >= 0.3 is 12.2 Å². The van der Waals surface area contributed by atoms with Gasteiger partial charge in [0.25, 0.3) is 0 Å². The van der Waals surface area contributed by atoms with Crippen molar-refractivity contribution in [2.24, 2.45) is 0 Å². The van der Waals surface area contributed by atoms with Gasteiger partial charge in [-0.1, -0.05) is 6.07 Å². The molecule has 1 heterocycles. The number of aliphatic hydroxyl groups excluding tert-OH is 1. The van der Waals surface area contributed by atoms with E-state index in [4.69, 9.17) is 0 Å². The van der Waals surface area contributed by atoms with E-state index in [0.29, 0.717) is 12.1 Å². The van der Waals surface area contributed by atoms with Crippen LogP contribution < -0.4 is 10.2 Å². The van der Waals surface area contributed by atoms with Crippen LogP contribution in [0.25, 0.3) is 0 Å². The van der Waals surface area contributed by atoms with E-state index in [0.717, 1.165) is 25.0 Å². The number of carbonyl (C=O) groups excluding carboxylic acids is 1. The molecule has 5 nitrogen and oxygen atoms in total. The molecule has 0 saturated heterocycles. The van der Waals surface area contributed by atoms with Gasteiger partial charge in [-0.2, -0.15) is 13.2 Å². The van der Waals surface area contributed by atoms with Crippen molar-refractivity contribution in [1.82, 2.24) is 10.2 Å². The fourth-order valence-corrected chi connectivity index (χ4v) is 2.93. The van der Waals surface area contributed by atoms with E-state index in [1.54, 1.807) is 17.2 Å². The number of carbonyl (C=O) groups is 1. The van der Waals surface area contributed by atoms with E-state index < -0.39 is 17.8 Å². The maximum atomic E-state index is 12.8. The minimum atomic E-state index is -4.41. The number of hydrogen-bond donors (Lipinski definition) is 2. The molecule has 0 bridgehead atoms. The lowest BCUT2D eigenvalue weighted by molar-refractivity contribution is -0.137. The van der Waals surface area contributed by atoms with Crippen molar-refractivity contribution in [2.45, 2.75) is 37.6 Å². The predicted octanol–water partition coefficient (Wildman–Crippen LogP) is 2.88. The number of halogens is 3. The topological polar surface area (TPSA) is 55.8 Å². The normalized spacial score (nSPS) is 23.8. The Labute approximate surface area is 137 Å². The summed E-state index contributed by atoms with van der Waals surface area (Å²) >= 11 is 0. The van der Waals surface area contributed by atoms with Crippen molar-refractivity contribution in [2.75, 3.05) is 11.6 Å². The summed E-state index contributed by atoms with van der Waals surface area (Å²) in [5.74, 6) is 0. The van der Waals surface area contributed by atoms with Crippen LogP contribution in [-0.2, 0) is 6.18 Å². The van der Waals surface area contributed by atoms with Crippen LogP contribution in [0.2, 0.25) is 0 Å². The second-order valence-corrected chi connectivity index (χ2v) is 5.98. The molecule has 2 N–H and O–H groups in total. The zero-order chi connectivity index (χ0) is 17.3. The monoisotopic (exact) mass is 341 g/mol. The van der Waals surface area contributed by atoms with Crippen LogP contribution in [0.3, 0.4) is 0 Å². The first-order chi connectivity index (χ1) is 11.3. The molecule has 1 saturated carbocycles. The lowest BCUT2D eigenvalue weighted by atomic mass is 10.2. The van der Waals surface area contributed by atoms with Crippen molar-refractivity contribution in [1.29, 1.82) is 0 Å². The lowest BCUT2D eigenvalue weighted by Crippen LogP contribution is -2.46. The van der Waals surface area contributed by atoms with Crippen LogP contribution in [0, 0.1) is 0 Å². The average Bonchev–Trinajstić information content (AvgIpc) is 3.16. The highest BCUT2D eigenvalue weighted by Gasteiger charge is 2.32. The molecule has 3 rings (SSSR count). The van der Waals surface area contributed by atoms with Crippen LogP contribution in [-0.4, -0.2) is 34.9 Å². The molecule has 0 radical (unpaired) electrons. The van der Waals surface area contributed by atoms with Gasteiger partial charge in [-0.3, -0.25) is 4.90 Å². The Balaban J connectivity index is 1.63. The average molecular weight is 341 g/mol. The molecule has 0 unspecified atom stereocenters. The molecule has 1 aliphatic heterocycles.